The predicted octanol–water partition coefficient (Wildman–Crippen LogP) is 1.66. The van der Waals surface area contributed by atoms with Gasteiger partial charge in [0, 0.05) is 37.6 Å². The van der Waals surface area contributed by atoms with Crippen LogP contribution in [0.3, 0.4) is 0 Å². The fourth-order valence-electron chi connectivity index (χ4n) is 3.60. The quantitative estimate of drug-likeness (QED) is 0.830. The molecule has 0 aromatic heterocycles. The van der Waals surface area contributed by atoms with Gasteiger partial charge in [0.15, 0.2) is 0 Å². The Morgan fingerprint density at radius 3 is 2.62 bits per heavy atom. The van der Waals surface area contributed by atoms with E-state index in [0.29, 0.717) is 18.6 Å². The van der Waals surface area contributed by atoms with Gasteiger partial charge in [-0.3, -0.25) is 4.90 Å². The molecule has 5 heteroatoms. The van der Waals surface area contributed by atoms with Crippen molar-refractivity contribution in [1.29, 1.82) is 0 Å². The summed E-state index contributed by atoms with van der Waals surface area (Å²) in [7, 11) is 0. The molecule has 0 unspecified atom stereocenters. The maximum absolute atomic E-state index is 12.2. The van der Waals surface area contributed by atoms with Crippen molar-refractivity contribution in [1.82, 2.24) is 15.1 Å². The zero-order valence-electron chi connectivity index (χ0n) is 13.7. The van der Waals surface area contributed by atoms with E-state index in [-0.39, 0.29) is 18.1 Å². The highest BCUT2D eigenvalue weighted by molar-refractivity contribution is 5.74. The van der Waals surface area contributed by atoms with Gasteiger partial charge in [-0.1, -0.05) is 6.42 Å². The first kappa shape index (κ1) is 16.6. The Morgan fingerprint density at radius 1 is 1.24 bits per heavy atom. The number of hydrogen-bond acceptors (Lipinski definition) is 3. The first-order valence-electron chi connectivity index (χ1n) is 8.45. The highest BCUT2D eigenvalue weighted by Crippen LogP contribution is 2.21. The predicted molar refractivity (Wildman–Crippen MR) is 84.2 cm³/mol. The van der Waals surface area contributed by atoms with Gasteiger partial charge in [-0.2, -0.15) is 0 Å². The lowest BCUT2D eigenvalue weighted by Crippen LogP contribution is -2.51. The number of amides is 2. The van der Waals surface area contributed by atoms with Crippen LogP contribution in [-0.2, 0) is 0 Å². The Balaban J connectivity index is 1.78. The molecule has 2 rings (SSSR count). The number of aliphatic hydroxyl groups excluding tert-OH is 1. The summed E-state index contributed by atoms with van der Waals surface area (Å²) in [5, 5.41) is 12.7. The molecule has 2 saturated heterocycles. The summed E-state index contributed by atoms with van der Waals surface area (Å²) >= 11 is 0. The summed E-state index contributed by atoms with van der Waals surface area (Å²) in [6.07, 6.45) is 4.29. The van der Waals surface area contributed by atoms with Gasteiger partial charge in [-0.15, -0.1) is 0 Å². The van der Waals surface area contributed by atoms with Crippen molar-refractivity contribution in [3.8, 4) is 0 Å². The number of hydrogen-bond donors (Lipinski definition) is 2. The van der Waals surface area contributed by atoms with Crippen molar-refractivity contribution in [2.75, 3.05) is 26.2 Å². The number of urea groups is 1. The van der Waals surface area contributed by atoms with E-state index in [9.17, 15) is 9.90 Å². The van der Waals surface area contributed by atoms with Gasteiger partial charge < -0.3 is 15.3 Å². The fourth-order valence-corrected chi connectivity index (χ4v) is 3.60. The Morgan fingerprint density at radius 2 is 2.00 bits per heavy atom. The van der Waals surface area contributed by atoms with Crippen LogP contribution in [0.2, 0.25) is 0 Å². The summed E-state index contributed by atoms with van der Waals surface area (Å²) in [5.74, 6) is 0.234. The number of nitrogens with zero attached hydrogens (tertiary/aromatic N) is 2. The van der Waals surface area contributed by atoms with Crippen molar-refractivity contribution in [3.05, 3.63) is 0 Å². The van der Waals surface area contributed by atoms with E-state index in [1.165, 1.54) is 19.3 Å². The van der Waals surface area contributed by atoms with Gasteiger partial charge in [-0.25, -0.2) is 4.79 Å². The second kappa shape index (κ2) is 7.45. The van der Waals surface area contributed by atoms with Crippen LogP contribution in [0.15, 0.2) is 0 Å². The Hall–Kier alpha value is -0.810. The van der Waals surface area contributed by atoms with Gasteiger partial charge in [0.25, 0.3) is 0 Å². The van der Waals surface area contributed by atoms with Crippen molar-refractivity contribution < 1.29 is 9.90 Å². The molecule has 2 aliphatic heterocycles. The standard InChI is InChI=1S/C16H31N3O2/c1-12(2)19-8-5-4-6-15(19)10-17-16(21)18-9-7-14(11-18)13(3)20/h12-15,20H,4-11H2,1-3H3,(H,17,21)/t13-,14-,15-/m0/s1. The van der Waals surface area contributed by atoms with Crippen LogP contribution in [0.1, 0.15) is 46.5 Å². The smallest absolute Gasteiger partial charge is 0.317 e. The maximum atomic E-state index is 12.2. The third-order valence-corrected chi connectivity index (χ3v) is 5.02. The number of aliphatic hydroxyl groups is 1. The fraction of sp³-hybridized carbons (Fsp3) is 0.938. The average Bonchev–Trinajstić information content (AvgIpc) is 2.95. The Labute approximate surface area is 128 Å². The Bertz CT molecular complexity index is 346. The van der Waals surface area contributed by atoms with Gasteiger partial charge in [0.2, 0.25) is 0 Å². The van der Waals surface area contributed by atoms with Gasteiger partial charge in [-0.05, 0) is 46.6 Å². The molecule has 3 atom stereocenters. The molecule has 0 aromatic carbocycles. The SMILES string of the molecule is CC(C)N1CCCC[C@H]1CNC(=O)N1CC[C@H]([C@H](C)O)C1. The molecule has 0 aromatic rings. The number of rotatable bonds is 4. The van der Waals surface area contributed by atoms with Crippen molar-refractivity contribution >= 4 is 6.03 Å². The largest absolute Gasteiger partial charge is 0.393 e. The van der Waals surface area contributed by atoms with E-state index in [1.807, 2.05) is 11.8 Å². The minimum absolute atomic E-state index is 0.0347. The first-order valence-corrected chi connectivity index (χ1v) is 8.45. The number of carbonyl (C=O) groups excluding carboxylic acids is 1. The van der Waals surface area contributed by atoms with Crippen LogP contribution >= 0.6 is 0 Å². The minimum atomic E-state index is -0.322. The molecule has 2 amide bonds. The normalized spacial score (nSPS) is 28.9. The molecule has 0 saturated carbocycles. The highest BCUT2D eigenvalue weighted by Gasteiger charge is 2.30. The molecule has 0 aliphatic carbocycles. The zero-order chi connectivity index (χ0) is 15.4. The molecule has 21 heavy (non-hydrogen) atoms. The van der Waals surface area contributed by atoms with E-state index in [1.54, 1.807) is 0 Å². The molecular weight excluding hydrogens is 266 g/mol. The third kappa shape index (κ3) is 4.33. The maximum Gasteiger partial charge on any atom is 0.317 e. The molecular formula is C16H31N3O2. The second-order valence-corrected chi connectivity index (χ2v) is 6.90. The summed E-state index contributed by atoms with van der Waals surface area (Å²) < 4.78 is 0. The summed E-state index contributed by atoms with van der Waals surface area (Å²) in [5.41, 5.74) is 0. The number of carbonyl (C=O) groups is 1. The van der Waals surface area contributed by atoms with E-state index in [0.717, 1.165) is 26.1 Å². The molecule has 2 fully saturated rings. The first-order chi connectivity index (χ1) is 9.99. The Kier molecular flexibility index (Phi) is 5.88. The van der Waals surface area contributed by atoms with Crippen LogP contribution in [0, 0.1) is 5.92 Å². The molecule has 2 aliphatic rings. The number of piperidine rings is 1. The molecule has 0 radical (unpaired) electrons. The van der Waals surface area contributed by atoms with E-state index in [4.69, 9.17) is 0 Å². The third-order valence-electron chi connectivity index (χ3n) is 5.02. The lowest BCUT2D eigenvalue weighted by Gasteiger charge is -2.38. The van der Waals surface area contributed by atoms with Gasteiger partial charge in [0.05, 0.1) is 6.10 Å². The number of likely N-dealkylation sites (tertiary alicyclic amines) is 2. The molecule has 122 valence electrons. The highest BCUT2D eigenvalue weighted by atomic mass is 16.3. The second-order valence-electron chi connectivity index (χ2n) is 6.90. The van der Waals surface area contributed by atoms with Crippen LogP contribution in [0.25, 0.3) is 0 Å². The van der Waals surface area contributed by atoms with E-state index < -0.39 is 0 Å². The summed E-state index contributed by atoms with van der Waals surface area (Å²) in [4.78, 5) is 16.6. The topological polar surface area (TPSA) is 55.8 Å². The van der Waals surface area contributed by atoms with Crippen LogP contribution < -0.4 is 5.32 Å². The monoisotopic (exact) mass is 297 g/mol. The zero-order valence-corrected chi connectivity index (χ0v) is 13.7. The minimum Gasteiger partial charge on any atom is -0.393 e. The molecule has 0 bridgehead atoms. The van der Waals surface area contributed by atoms with E-state index in [2.05, 4.69) is 24.1 Å². The van der Waals surface area contributed by atoms with Crippen LogP contribution in [0.5, 0.6) is 0 Å². The van der Waals surface area contributed by atoms with E-state index >= 15 is 0 Å². The van der Waals surface area contributed by atoms with Crippen molar-refractivity contribution in [2.24, 2.45) is 5.92 Å². The molecule has 0 spiro atoms. The molecule has 2 heterocycles. The summed E-state index contributed by atoms with van der Waals surface area (Å²) in [6, 6.07) is 1.05. The number of nitrogens with one attached hydrogen (secondary N) is 1. The van der Waals surface area contributed by atoms with Crippen molar-refractivity contribution in [2.45, 2.75) is 64.6 Å². The van der Waals surface area contributed by atoms with Crippen LogP contribution in [0.4, 0.5) is 4.79 Å². The van der Waals surface area contributed by atoms with Crippen LogP contribution in [-0.4, -0.2) is 65.3 Å². The van der Waals surface area contributed by atoms with Gasteiger partial charge >= 0.3 is 6.03 Å². The molecule has 2 N–H and O–H groups in total. The average molecular weight is 297 g/mol. The lowest BCUT2D eigenvalue weighted by atomic mass is 10.0. The van der Waals surface area contributed by atoms with Crippen molar-refractivity contribution in [3.63, 3.8) is 0 Å². The lowest BCUT2D eigenvalue weighted by molar-refractivity contribution is 0.109. The van der Waals surface area contributed by atoms with Gasteiger partial charge in [0.1, 0.15) is 0 Å². The molecule has 5 nitrogen and oxygen atoms in total. The summed E-state index contributed by atoms with van der Waals surface area (Å²) in [6.45, 7) is 9.61.